The number of nitrogens with one attached hydrogen (secondary N) is 2. The molecular formula is C22H29F3IN3O3. The van der Waals surface area contributed by atoms with Gasteiger partial charge in [0.1, 0.15) is 11.5 Å². The van der Waals surface area contributed by atoms with E-state index in [0.29, 0.717) is 29.4 Å². The van der Waals surface area contributed by atoms with Gasteiger partial charge in [0.15, 0.2) is 12.6 Å². The number of rotatable bonds is 9. The number of aliphatic hydroxyl groups is 1. The number of aryl methyl sites for hydroxylation is 1. The lowest BCUT2D eigenvalue weighted by Gasteiger charge is -2.17. The van der Waals surface area contributed by atoms with Crippen molar-refractivity contribution in [3.8, 4) is 11.5 Å². The summed E-state index contributed by atoms with van der Waals surface area (Å²) in [5.74, 6) is 1.27. The minimum atomic E-state index is -4.42. The number of aliphatic imine (C=N–C) groups is 1. The van der Waals surface area contributed by atoms with E-state index in [2.05, 4.69) is 15.6 Å². The van der Waals surface area contributed by atoms with Crippen molar-refractivity contribution in [2.75, 3.05) is 26.8 Å². The molecule has 0 spiro atoms. The highest BCUT2D eigenvalue weighted by Gasteiger charge is 2.28. The number of alkyl halides is 3. The Labute approximate surface area is 203 Å². The van der Waals surface area contributed by atoms with E-state index < -0.39 is 18.9 Å². The molecular weight excluding hydrogens is 538 g/mol. The van der Waals surface area contributed by atoms with Crippen molar-refractivity contribution in [2.24, 2.45) is 4.99 Å². The summed E-state index contributed by atoms with van der Waals surface area (Å²) in [6, 6.07) is 12.1. The van der Waals surface area contributed by atoms with Crippen LogP contribution in [0.25, 0.3) is 0 Å². The van der Waals surface area contributed by atoms with E-state index in [-0.39, 0.29) is 42.8 Å². The van der Waals surface area contributed by atoms with Gasteiger partial charge in [-0.25, -0.2) is 4.99 Å². The van der Waals surface area contributed by atoms with Crippen molar-refractivity contribution >= 4 is 29.9 Å². The van der Waals surface area contributed by atoms with Gasteiger partial charge in [0, 0.05) is 18.7 Å². The topological polar surface area (TPSA) is 75.1 Å². The molecule has 32 heavy (non-hydrogen) atoms. The summed E-state index contributed by atoms with van der Waals surface area (Å²) in [4.78, 5) is 4.41. The van der Waals surface area contributed by atoms with Gasteiger partial charge in [0.05, 0.1) is 19.8 Å². The zero-order chi connectivity index (χ0) is 22.9. The average Bonchev–Trinajstić information content (AvgIpc) is 2.74. The highest BCUT2D eigenvalue weighted by Crippen LogP contribution is 2.24. The van der Waals surface area contributed by atoms with Crippen LogP contribution in [0, 0.1) is 6.92 Å². The number of hydrogen-bond acceptors (Lipinski definition) is 4. The van der Waals surface area contributed by atoms with E-state index >= 15 is 0 Å². The minimum absolute atomic E-state index is 0. The van der Waals surface area contributed by atoms with E-state index in [1.54, 1.807) is 56.5 Å². The molecule has 0 saturated carbocycles. The Morgan fingerprint density at radius 2 is 1.81 bits per heavy atom. The third-order valence-electron chi connectivity index (χ3n) is 4.33. The van der Waals surface area contributed by atoms with Crippen molar-refractivity contribution in [1.29, 1.82) is 0 Å². The van der Waals surface area contributed by atoms with Crippen LogP contribution in [0.3, 0.4) is 0 Å². The smallest absolute Gasteiger partial charge is 0.422 e. The van der Waals surface area contributed by atoms with Crippen molar-refractivity contribution in [3.05, 3.63) is 59.2 Å². The van der Waals surface area contributed by atoms with Crippen LogP contribution in [0.4, 0.5) is 13.2 Å². The fraction of sp³-hybridized carbons (Fsp3) is 0.409. The van der Waals surface area contributed by atoms with Crippen LogP contribution in [-0.2, 0) is 6.54 Å². The van der Waals surface area contributed by atoms with Crippen LogP contribution in [0.2, 0.25) is 0 Å². The third kappa shape index (κ3) is 9.51. The zero-order valence-corrected chi connectivity index (χ0v) is 20.5. The molecule has 2 aromatic carbocycles. The van der Waals surface area contributed by atoms with E-state index in [9.17, 15) is 18.3 Å². The van der Waals surface area contributed by atoms with E-state index in [0.717, 1.165) is 5.56 Å². The molecule has 178 valence electrons. The first kappa shape index (κ1) is 27.8. The fourth-order valence-corrected chi connectivity index (χ4v) is 2.73. The number of methoxy groups -OCH3 is 1. The Morgan fingerprint density at radius 1 is 1.12 bits per heavy atom. The minimum Gasteiger partial charge on any atom is -0.497 e. The summed E-state index contributed by atoms with van der Waals surface area (Å²) in [7, 11) is 1.57. The third-order valence-corrected chi connectivity index (χ3v) is 4.33. The molecule has 0 amide bonds. The van der Waals surface area contributed by atoms with Crippen LogP contribution in [0.1, 0.15) is 29.7 Å². The van der Waals surface area contributed by atoms with Gasteiger partial charge >= 0.3 is 6.18 Å². The Kier molecular flexibility index (Phi) is 11.6. The summed E-state index contributed by atoms with van der Waals surface area (Å²) in [5, 5.41) is 16.5. The van der Waals surface area contributed by atoms with E-state index in [1.807, 2.05) is 6.92 Å². The van der Waals surface area contributed by atoms with Crippen LogP contribution in [0.5, 0.6) is 11.5 Å². The normalized spacial score (nSPS) is 12.5. The van der Waals surface area contributed by atoms with Gasteiger partial charge in [-0.1, -0.05) is 24.3 Å². The summed E-state index contributed by atoms with van der Waals surface area (Å²) < 4.78 is 47.7. The lowest BCUT2D eigenvalue weighted by Crippen LogP contribution is -2.39. The maximum Gasteiger partial charge on any atom is 0.422 e. The molecule has 0 saturated heterocycles. The predicted molar refractivity (Wildman–Crippen MR) is 129 cm³/mol. The van der Waals surface area contributed by atoms with Gasteiger partial charge in [-0.05, 0) is 43.2 Å². The molecule has 6 nitrogen and oxygen atoms in total. The van der Waals surface area contributed by atoms with Gasteiger partial charge in [0.2, 0.25) is 0 Å². The van der Waals surface area contributed by atoms with Gasteiger partial charge in [-0.15, -0.1) is 24.0 Å². The van der Waals surface area contributed by atoms with Crippen LogP contribution in [0.15, 0.2) is 47.5 Å². The number of nitrogens with zero attached hydrogens (tertiary/aromatic N) is 1. The standard InChI is InChI=1S/C22H28F3N3O3.HI/c1-4-26-21(28-13-19(29)16-7-9-18(30-3)10-8-16)27-12-17-6-5-15(2)11-20(17)31-14-22(23,24)25;/h5-11,19,29H,4,12-14H2,1-3H3,(H2,26,27,28);1H. The molecule has 0 heterocycles. The fourth-order valence-electron chi connectivity index (χ4n) is 2.73. The summed E-state index contributed by atoms with van der Waals surface area (Å²) >= 11 is 0. The van der Waals surface area contributed by atoms with Gasteiger partial charge in [-0.3, -0.25) is 0 Å². The first-order chi connectivity index (χ1) is 14.7. The molecule has 0 aliphatic carbocycles. The van der Waals surface area contributed by atoms with Crippen LogP contribution in [-0.4, -0.2) is 44.0 Å². The van der Waals surface area contributed by atoms with Crippen molar-refractivity contribution in [3.63, 3.8) is 0 Å². The van der Waals surface area contributed by atoms with Gasteiger partial charge in [-0.2, -0.15) is 13.2 Å². The highest BCUT2D eigenvalue weighted by molar-refractivity contribution is 14.0. The molecule has 1 unspecified atom stereocenters. The molecule has 0 fully saturated rings. The predicted octanol–water partition coefficient (Wildman–Crippen LogP) is 4.35. The Bertz CT molecular complexity index is 862. The number of benzene rings is 2. The van der Waals surface area contributed by atoms with Crippen molar-refractivity contribution in [2.45, 2.75) is 32.7 Å². The van der Waals surface area contributed by atoms with Crippen LogP contribution < -0.4 is 20.1 Å². The number of hydrogen-bond donors (Lipinski definition) is 3. The molecule has 0 aromatic heterocycles. The lowest BCUT2D eigenvalue weighted by atomic mass is 10.1. The second-order valence-electron chi connectivity index (χ2n) is 6.88. The molecule has 10 heteroatoms. The second kappa shape index (κ2) is 13.4. The molecule has 1 atom stereocenters. The first-order valence-corrected chi connectivity index (χ1v) is 9.85. The van der Waals surface area contributed by atoms with Gasteiger partial charge in [0.25, 0.3) is 0 Å². The van der Waals surface area contributed by atoms with E-state index in [1.165, 1.54) is 0 Å². The number of halogens is 4. The Balaban J connectivity index is 0.00000512. The molecule has 2 rings (SSSR count). The molecule has 0 aliphatic rings. The maximum absolute atomic E-state index is 12.5. The molecule has 2 aromatic rings. The molecule has 0 radical (unpaired) electrons. The van der Waals surface area contributed by atoms with Crippen LogP contribution >= 0.6 is 24.0 Å². The van der Waals surface area contributed by atoms with Crippen molar-refractivity contribution < 1.29 is 27.8 Å². The number of guanidine groups is 1. The Hall–Kier alpha value is -2.21. The van der Waals surface area contributed by atoms with Gasteiger partial charge < -0.3 is 25.2 Å². The SMILES string of the molecule is CCNC(=NCc1ccc(C)cc1OCC(F)(F)F)NCC(O)c1ccc(OC)cc1.I. The summed E-state index contributed by atoms with van der Waals surface area (Å²) in [6.45, 7) is 3.20. The maximum atomic E-state index is 12.5. The highest BCUT2D eigenvalue weighted by atomic mass is 127. The monoisotopic (exact) mass is 567 g/mol. The molecule has 0 bridgehead atoms. The Morgan fingerprint density at radius 3 is 2.41 bits per heavy atom. The quantitative estimate of drug-likeness (QED) is 0.239. The zero-order valence-electron chi connectivity index (χ0n) is 18.2. The first-order valence-electron chi connectivity index (χ1n) is 9.85. The average molecular weight is 567 g/mol. The summed E-state index contributed by atoms with van der Waals surface area (Å²) in [6.07, 6.45) is -5.20. The molecule has 0 aliphatic heterocycles. The number of aliphatic hydroxyl groups excluding tert-OH is 1. The van der Waals surface area contributed by atoms with Crippen molar-refractivity contribution in [1.82, 2.24) is 10.6 Å². The number of ether oxygens (including phenoxy) is 2. The lowest BCUT2D eigenvalue weighted by molar-refractivity contribution is -0.153. The summed E-state index contributed by atoms with van der Waals surface area (Å²) in [5.41, 5.74) is 2.03. The second-order valence-corrected chi connectivity index (χ2v) is 6.88. The van der Waals surface area contributed by atoms with E-state index in [4.69, 9.17) is 9.47 Å². The largest absolute Gasteiger partial charge is 0.497 e. The molecule has 3 N–H and O–H groups in total.